The molecule has 0 bridgehead atoms. The predicted octanol–water partition coefficient (Wildman–Crippen LogP) is 2.04. The molecule has 0 spiro atoms. The fourth-order valence-electron chi connectivity index (χ4n) is 2.91. The highest BCUT2D eigenvalue weighted by molar-refractivity contribution is 5.94. The summed E-state index contributed by atoms with van der Waals surface area (Å²) in [7, 11) is 0. The molecule has 1 fully saturated rings. The lowest BCUT2D eigenvalue weighted by Gasteiger charge is -2.34. The molecule has 1 aliphatic heterocycles. The minimum Gasteiger partial charge on any atom is -0.459 e. The molecular weight excluding hydrogens is 346 g/mol. The fraction of sp³-hybridized carbons (Fsp3) is 0.474. The third-order valence-corrected chi connectivity index (χ3v) is 4.33. The number of carbonyl (C=O) groups is 2. The van der Waals surface area contributed by atoms with E-state index in [1.165, 1.54) is 6.26 Å². The largest absolute Gasteiger partial charge is 0.459 e. The van der Waals surface area contributed by atoms with Gasteiger partial charge in [-0.05, 0) is 25.0 Å². The highest BCUT2D eigenvalue weighted by Gasteiger charge is 2.27. The Bertz CT molecular complexity index is 796. The van der Waals surface area contributed by atoms with Crippen molar-refractivity contribution < 1.29 is 14.0 Å². The summed E-state index contributed by atoms with van der Waals surface area (Å²) in [4.78, 5) is 37.2. The third-order valence-electron chi connectivity index (χ3n) is 4.33. The van der Waals surface area contributed by atoms with Crippen molar-refractivity contribution in [1.82, 2.24) is 19.8 Å². The van der Waals surface area contributed by atoms with Gasteiger partial charge in [-0.1, -0.05) is 13.8 Å². The highest BCUT2D eigenvalue weighted by atomic mass is 16.3. The minimum absolute atomic E-state index is 0.141. The molecule has 0 aromatic carbocycles. The maximum Gasteiger partial charge on any atom is 0.289 e. The summed E-state index contributed by atoms with van der Waals surface area (Å²) in [6.45, 7) is 8.62. The molecule has 0 saturated carbocycles. The van der Waals surface area contributed by atoms with E-state index >= 15 is 0 Å². The van der Waals surface area contributed by atoms with Gasteiger partial charge in [0.1, 0.15) is 17.3 Å². The molecule has 2 amide bonds. The van der Waals surface area contributed by atoms with Crippen LogP contribution < -0.4 is 5.32 Å². The molecule has 0 aliphatic carbocycles. The lowest BCUT2D eigenvalue weighted by atomic mass is 10.2. The Morgan fingerprint density at radius 1 is 1.15 bits per heavy atom. The first-order valence-electron chi connectivity index (χ1n) is 9.15. The van der Waals surface area contributed by atoms with Crippen LogP contribution in [0.15, 0.2) is 28.9 Å². The molecule has 144 valence electrons. The molecule has 8 nitrogen and oxygen atoms in total. The Balaban J connectivity index is 1.63. The molecule has 0 radical (unpaired) electrons. The molecule has 2 aromatic heterocycles. The topological polar surface area (TPSA) is 91.6 Å². The number of aryl methyl sites for hydroxylation is 1. The molecule has 1 aliphatic rings. The molecule has 1 saturated heterocycles. The number of hydrogen-bond donors (Lipinski definition) is 1. The van der Waals surface area contributed by atoms with Crippen molar-refractivity contribution in [2.24, 2.45) is 5.92 Å². The summed E-state index contributed by atoms with van der Waals surface area (Å²) in [5.74, 6) is 1.72. The zero-order chi connectivity index (χ0) is 19.4. The third kappa shape index (κ3) is 4.64. The molecule has 1 N–H and O–H groups in total. The van der Waals surface area contributed by atoms with E-state index in [1.807, 2.05) is 0 Å². The van der Waals surface area contributed by atoms with Crippen LogP contribution in [0.3, 0.4) is 0 Å². The molecule has 2 aromatic rings. The number of nitrogens with zero attached hydrogens (tertiary/aromatic N) is 4. The number of furan rings is 1. The fourth-order valence-corrected chi connectivity index (χ4v) is 2.91. The van der Waals surface area contributed by atoms with Gasteiger partial charge in [-0.3, -0.25) is 9.59 Å². The lowest BCUT2D eigenvalue weighted by Crippen LogP contribution is -2.50. The Morgan fingerprint density at radius 2 is 1.81 bits per heavy atom. The van der Waals surface area contributed by atoms with Gasteiger partial charge in [0.2, 0.25) is 0 Å². The van der Waals surface area contributed by atoms with E-state index in [4.69, 9.17) is 4.42 Å². The number of rotatable bonds is 5. The van der Waals surface area contributed by atoms with E-state index in [0.717, 1.165) is 6.54 Å². The highest BCUT2D eigenvalue weighted by Crippen LogP contribution is 2.14. The predicted molar refractivity (Wildman–Crippen MR) is 101 cm³/mol. The van der Waals surface area contributed by atoms with Crippen molar-refractivity contribution in [2.45, 2.75) is 20.8 Å². The number of nitrogens with one attached hydrogen (secondary N) is 1. The van der Waals surface area contributed by atoms with Crippen LogP contribution in [0, 0.1) is 12.8 Å². The van der Waals surface area contributed by atoms with Crippen LogP contribution >= 0.6 is 0 Å². The van der Waals surface area contributed by atoms with Crippen LogP contribution in [0.4, 0.5) is 5.82 Å². The summed E-state index contributed by atoms with van der Waals surface area (Å²) < 4.78 is 5.16. The minimum atomic E-state index is -0.148. The molecule has 0 unspecified atom stereocenters. The summed E-state index contributed by atoms with van der Waals surface area (Å²) in [6, 6.07) is 5.03. The first-order valence-corrected chi connectivity index (χ1v) is 9.15. The summed E-state index contributed by atoms with van der Waals surface area (Å²) >= 11 is 0. The van der Waals surface area contributed by atoms with Crippen molar-refractivity contribution in [3.8, 4) is 0 Å². The summed E-state index contributed by atoms with van der Waals surface area (Å²) in [5.41, 5.74) is 0.375. The van der Waals surface area contributed by atoms with Gasteiger partial charge in [0.05, 0.1) is 6.26 Å². The second-order valence-electron chi connectivity index (χ2n) is 7.02. The van der Waals surface area contributed by atoms with Crippen molar-refractivity contribution in [3.05, 3.63) is 41.7 Å². The van der Waals surface area contributed by atoms with Gasteiger partial charge < -0.3 is 19.5 Å². The monoisotopic (exact) mass is 371 g/mol. The van der Waals surface area contributed by atoms with Crippen LogP contribution in [0.25, 0.3) is 0 Å². The number of hydrogen-bond acceptors (Lipinski definition) is 6. The van der Waals surface area contributed by atoms with Crippen LogP contribution in [0.1, 0.15) is 40.7 Å². The SMILES string of the molecule is Cc1nc(NCC(C)C)cc(C(=O)N2CCN(C(=O)c3ccco3)CC2)n1. The maximum absolute atomic E-state index is 12.8. The van der Waals surface area contributed by atoms with Crippen molar-refractivity contribution in [1.29, 1.82) is 0 Å². The number of piperazine rings is 1. The first-order chi connectivity index (χ1) is 12.9. The van der Waals surface area contributed by atoms with Gasteiger partial charge in [0, 0.05) is 38.8 Å². The summed E-state index contributed by atoms with van der Waals surface area (Å²) in [6.07, 6.45) is 1.48. The lowest BCUT2D eigenvalue weighted by molar-refractivity contribution is 0.0515. The van der Waals surface area contributed by atoms with Crippen molar-refractivity contribution in [3.63, 3.8) is 0 Å². The number of carbonyl (C=O) groups excluding carboxylic acids is 2. The Hall–Kier alpha value is -2.90. The first kappa shape index (κ1) is 18.9. The second-order valence-corrected chi connectivity index (χ2v) is 7.02. The van der Waals surface area contributed by atoms with Gasteiger partial charge >= 0.3 is 0 Å². The van der Waals surface area contributed by atoms with E-state index in [9.17, 15) is 9.59 Å². The van der Waals surface area contributed by atoms with Crippen molar-refractivity contribution >= 4 is 17.6 Å². The average Bonchev–Trinajstić information content (AvgIpc) is 3.19. The van der Waals surface area contributed by atoms with Crippen LogP contribution in [-0.4, -0.2) is 64.3 Å². The Labute approximate surface area is 158 Å². The zero-order valence-electron chi connectivity index (χ0n) is 15.9. The molecule has 3 heterocycles. The molecule has 8 heteroatoms. The van der Waals surface area contributed by atoms with E-state index < -0.39 is 0 Å². The number of amides is 2. The average molecular weight is 371 g/mol. The van der Waals surface area contributed by atoms with Gasteiger partial charge in [-0.2, -0.15) is 0 Å². The quantitative estimate of drug-likeness (QED) is 0.865. The van der Waals surface area contributed by atoms with Gasteiger partial charge in [0.25, 0.3) is 11.8 Å². The van der Waals surface area contributed by atoms with Gasteiger partial charge in [-0.25, -0.2) is 9.97 Å². The standard InChI is InChI=1S/C19H25N5O3/c1-13(2)12-20-17-11-15(21-14(3)22-17)18(25)23-6-8-24(9-7-23)19(26)16-5-4-10-27-16/h4-5,10-11,13H,6-9,12H2,1-3H3,(H,20,21,22). The molecule has 3 rings (SSSR count). The Kier molecular flexibility index (Phi) is 5.73. The molecule has 27 heavy (non-hydrogen) atoms. The zero-order valence-corrected chi connectivity index (χ0v) is 15.9. The number of aromatic nitrogens is 2. The van der Waals surface area contributed by atoms with Crippen LogP contribution in [-0.2, 0) is 0 Å². The van der Waals surface area contributed by atoms with Gasteiger partial charge in [-0.15, -0.1) is 0 Å². The normalized spacial score (nSPS) is 14.5. The van der Waals surface area contributed by atoms with Gasteiger partial charge in [0.15, 0.2) is 5.76 Å². The Morgan fingerprint density at radius 3 is 2.41 bits per heavy atom. The van der Waals surface area contributed by atoms with E-state index in [0.29, 0.717) is 55.2 Å². The maximum atomic E-state index is 12.8. The van der Waals surface area contributed by atoms with Crippen molar-refractivity contribution in [2.75, 3.05) is 38.0 Å². The summed E-state index contributed by atoms with van der Waals surface area (Å²) in [5, 5.41) is 3.24. The molecule has 0 atom stereocenters. The van der Waals surface area contributed by atoms with E-state index in [-0.39, 0.29) is 11.8 Å². The molecular formula is C19H25N5O3. The van der Waals surface area contributed by atoms with Crippen LogP contribution in [0.2, 0.25) is 0 Å². The smallest absolute Gasteiger partial charge is 0.289 e. The van der Waals surface area contributed by atoms with E-state index in [2.05, 4.69) is 29.1 Å². The number of anilines is 1. The van der Waals surface area contributed by atoms with E-state index in [1.54, 1.807) is 34.9 Å². The van der Waals surface area contributed by atoms with Crippen LogP contribution in [0.5, 0.6) is 0 Å². The second kappa shape index (κ2) is 8.20.